The molecule has 1 aliphatic heterocycles. The van der Waals surface area contributed by atoms with Crippen molar-refractivity contribution in [2.24, 2.45) is 0 Å². The Morgan fingerprint density at radius 2 is 2.00 bits per heavy atom. The van der Waals surface area contributed by atoms with Gasteiger partial charge in [0.2, 0.25) is 5.16 Å². The summed E-state index contributed by atoms with van der Waals surface area (Å²) in [6.45, 7) is 0.404. The number of hydrogen-bond acceptors (Lipinski definition) is 5. The molecule has 144 valence electrons. The van der Waals surface area contributed by atoms with E-state index in [0.29, 0.717) is 38.9 Å². The first-order chi connectivity index (χ1) is 13.5. The van der Waals surface area contributed by atoms with E-state index < -0.39 is 5.82 Å². The zero-order valence-electron chi connectivity index (χ0n) is 14.3. The smallest absolute Gasteiger partial charge is 0.272 e. The number of hydrogen-bond donors (Lipinski definition) is 0. The van der Waals surface area contributed by atoms with E-state index in [1.54, 1.807) is 28.9 Å². The van der Waals surface area contributed by atoms with E-state index >= 15 is 0 Å². The largest absolute Gasteiger partial charge is 0.482 e. The lowest BCUT2D eigenvalue weighted by Crippen LogP contribution is -2.45. The van der Waals surface area contributed by atoms with Crippen molar-refractivity contribution in [3.05, 3.63) is 69.7 Å². The molecule has 1 aliphatic rings. The van der Waals surface area contributed by atoms with Gasteiger partial charge in [-0.3, -0.25) is 4.79 Å². The van der Waals surface area contributed by atoms with Gasteiger partial charge in [0.05, 0.1) is 16.6 Å². The van der Waals surface area contributed by atoms with Crippen LogP contribution in [0.2, 0.25) is 10.0 Å². The predicted octanol–water partition coefficient (Wildman–Crippen LogP) is 4.19. The Hall–Kier alpha value is -2.29. The van der Waals surface area contributed by atoms with Crippen LogP contribution in [0.5, 0.6) is 5.75 Å². The highest BCUT2D eigenvalue weighted by molar-refractivity contribution is 7.99. The molecular formula is C18H13Cl2FN4O2S. The summed E-state index contributed by atoms with van der Waals surface area (Å²) in [5.41, 5.74) is 0.391. The van der Waals surface area contributed by atoms with Gasteiger partial charge in [0.15, 0.2) is 17.4 Å². The van der Waals surface area contributed by atoms with Crippen LogP contribution in [0.1, 0.15) is 16.2 Å². The van der Waals surface area contributed by atoms with E-state index in [4.69, 9.17) is 27.9 Å². The Morgan fingerprint density at radius 1 is 1.18 bits per heavy atom. The molecule has 0 radical (unpaired) electrons. The fraction of sp³-hybridized carbons (Fsp3) is 0.167. The summed E-state index contributed by atoms with van der Waals surface area (Å²) < 4.78 is 20.9. The Balaban J connectivity index is 1.61. The van der Waals surface area contributed by atoms with Crippen molar-refractivity contribution in [1.29, 1.82) is 0 Å². The molecule has 0 aliphatic carbocycles. The van der Waals surface area contributed by atoms with Gasteiger partial charge in [-0.25, -0.2) is 14.1 Å². The second-order valence-electron chi connectivity index (χ2n) is 5.84. The molecule has 3 aromatic rings. The van der Waals surface area contributed by atoms with Crippen LogP contribution in [-0.4, -0.2) is 33.1 Å². The number of aromatic nitrogens is 3. The number of carbonyl (C=O) groups is 1. The molecular weight excluding hydrogens is 426 g/mol. The second-order valence-corrected chi connectivity index (χ2v) is 7.71. The molecule has 2 aromatic carbocycles. The molecule has 0 fully saturated rings. The highest BCUT2D eigenvalue weighted by atomic mass is 35.5. The van der Waals surface area contributed by atoms with Crippen molar-refractivity contribution in [2.45, 2.75) is 11.8 Å². The number of fused-ring (bicyclic) bond motifs is 1. The third-order valence-corrected chi connectivity index (χ3v) is 5.69. The fourth-order valence-corrected chi connectivity index (χ4v) is 3.89. The van der Waals surface area contributed by atoms with Crippen LogP contribution in [0, 0.1) is 5.82 Å². The molecule has 0 saturated carbocycles. The van der Waals surface area contributed by atoms with Crippen LogP contribution < -0.4 is 9.75 Å². The van der Waals surface area contributed by atoms with E-state index in [-0.39, 0.29) is 18.3 Å². The molecule has 0 bridgehead atoms. The number of nitrogens with zero attached hydrogens (tertiary/aromatic N) is 4. The predicted molar refractivity (Wildman–Crippen MR) is 105 cm³/mol. The van der Waals surface area contributed by atoms with Crippen molar-refractivity contribution in [1.82, 2.24) is 14.9 Å². The summed E-state index contributed by atoms with van der Waals surface area (Å²) in [4.78, 5) is 13.0. The van der Waals surface area contributed by atoms with Crippen LogP contribution in [0.25, 0.3) is 0 Å². The minimum Gasteiger partial charge on any atom is -0.482 e. The second kappa shape index (κ2) is 7.98. The summed E-state index contributed by atoms with van der Waals surface area (Å²) in [5.74, 6) is 0.412. The Bertz CT molecular complexity index is 1050. The lowest BCUT2D eigenvalue weighted by Gasteiger charge is -2.29. The van der Waals surface area contributed by atoms with Crippen molar-refractivity contribution in [2.75, 3.05) is 17.3 Å². The molecule has 0 N–H and O–H groups in total. The maximum Gasteiger partial charge on any atom is 0.272 e. The number of halogens is 3. The summed E-state index contributed by atoms with van der Waals surface area (Å²) in [6.07, 6.45) is 0. The lowest BCUT2D eigenvalue weighted by atomic mass is 10.2. The van der Waals surface area contributed by atoms with Crippen LogP contribution in [-0.2, 0) is 6.61 Å². The highest BCUT2D eigenvalue weighted by Crippen LogP contribution is 2.27. The lowest BCUT2D eigenvalue weighted by molar-refractivity contribution is 0.0952. The van der Waals surface area contributed by atoms with Gasteiger partial charge in [-0.1, -0.05) is 47.1 Å². The number of thioether (sulfide) groups is 1. The Morgan fingerprint density at radius 3 is 2.79 bits per heavy atom. The van der Waals surface area contributed by atoms with E-state index in [0.717, 1.165) is 0 Å². The van der Waals surface area contributed by atoms with Gasteiger partial charge in [0.25, 0.3) is 5.91 Å². The third-order valence-electron chi connectivity index (χ3n) is 4.05. The maximum atomic E-state index is 13.8. The molecule has 4 rings (SSSR count). The first-order valence-corrected chi connectivity index (χ1v) is 10.0. The molecule has 0 atom stereocenters. The van der Waals surface area contributed by atoms with Gasteiger partial charge in [-0.15, -0.1) is 10.2 Å². The topological polar surface area (TPSA) is 60.3 Å². The van der Waals surface area contributed by atoms with E-state index in [2.05, 4.69) is 10.2 Å². The van der Waals surface area contributed by atoms with E-state index in [1.807, 2.05) is 0 Å². The summed E-state index contributed by atoms with van der Waals surface area (Å²) in [6, 6.07) is 10.8. The Kier molecular flexibility index (Phi) is 5.43. The van der Waals surface area contributed by atoms with Gasteiger partial charge in [-0.05, 0) is 30.3 Å². The monoisotopic (exact) mass is 438 g/mol. The minimum atomic E-state index is -0.473. The van der Waals surface area contributed by atoms with Crippen molar-refractivity contribution in [3.8, 4) is 5.75 Å². The molecule has 10 heteroatoms. The highest BCUT2D eigenvalue weighted by Gasteiger charge is 2.28. The quantitative estimate of drug-likeness (QED) is 0.611. The molecule has 1 aromatic heterocycles. The molecule has 6 nitrogen and oxygen atoms in total. The number of benzene rings is 2. The zero-order valence-corrected chi connectivity index (χ0v) is 16.6. The van der Waals surface area contributed by atoms with Crippen LogP contribution in [0.3, 0.4) is 0 Å². The molecule has 0 saturated heterocycles. The minimum absolute atomic E-state index is 0.0420. The summed E-state index contributed by atoms with van der Waals surface area (Å²) in [7, 11) is 0. The normalized spacial score (nSPS) is 13.3. The number of rotatable bonds is 4. The maximum absolute atomic E-state index is 13.8. The van der Waals surface area contributed by atoms with Gasteiger partial charge in [0, 0.05) is 11.3 Å². The first kappa shape index (κ1) is 19.0. The Labute approximate surface area is 174 Å². The molecule has 0 spiro atoms. The van der Waals surface area contributed by atoms with Crippen molar-refractivity contribution >= 4 is 40.9 Å². The molecule has 2 heterocycles. The zero-order chi connectivity index (χ0) is 19.7. The molecule has 1 amide bonds. The van der Waals surface area contributed by atoms with Crippen molar-refractivity contribution in [3.63, 3.8) is 0 Å². The van der Waals surface area contributed by atoms with Crippen LogP contribution >= 0.6 is 35.0 Å². The number of amides is 1. The number of para-hydroxylation sites is 1. The standard InChI is InChI=1S/C18H13Cl2FN4O2S/c19-12-6-5-11(9-13(12)20)17(26)24-7-8-28-18-23-22-16(25(18)24)10-27-15-4-2-1-3-14(15)21/h1-6,9H,7-8,10H2. The van der Waals surface area contributed by atoms with Gasteiger partial charge in [0.1, 0.15) is 6.61 Å². The number of ether oxygens (including phenoxy) is 1. The summed E-state index contributed by atoms with van der Waals surface area (Å²) >= 11 is 13.5. The third kappa shape index (κ3) is 3.67. The first-order valence-electron chi connectivity index (χ1n) is 8.26. The van der Waals surface area contributed by atoms with E-state index in [1.165, 1.54) is 35.0 Å². The van der Waals surface area contributed by atoms with Crippen LogP contribution in [0.4, 0.5) is 4.39 Å². The molecule has 28 heavy (non-hydrogen) atoms. The number of carbonyl (C=O) groups excluding carboxylic acids is 1. The average Bonchev–Trinajstić information content (AvgIpc) is 3.12. The van der Waals surface area contributed by atoms with Crippen LogP contribution in [0.15, 0.2) is 47.6 Å². The SMILES string of the molecule is O=C(c1ccc(Cl)c(Cl)c1)N1CCSc2nnc(COc3ccccc3F)n21. The van der Waals surface area contributed by atoms with E-state index in [9.17, 15) is 9.18 Å². The van der Waals surface area contributed by atoms with Gasteiger partial charge < -0.3 is 4.74 Å². The summed E-state index contributed by atoms with van der Waals surface area (Å²) in [5, 5.41) is 11.0. The van der Waals surface area contributed by atoms with Crippen molar-refractivity contribution < 1.29 is 13.9 Å². The molecule has 0 unspecified atom stereocenters. The van der Waals surface area contributed by atoms with Gasteiger partial charge >= 0.3 is 0 Å². The van der Waals surface area contributed by atoms with Gasteiger partial charge in [-0.2, -0.15) is 0 Å². The fourth-order valence-electron chi connectivity index (χ4n) is 2.72. The average molecular weight is 439 g/mol.